The summed E-state index contributed by atoms with van der Waals surface area (Å²) >= 11 is 0. The lowest BCUT2D eigenvalue weighted by molar-refractivity contribution is -0.619. The minimum Gasteiger partial charge on any atom is -0.268 e. The molecule has 0 saturated heterocycles. The molecule has 2 aromatic carbocycles. The van der Waals surface area contributed by atoms with Gasteiger partial charge in [-0.1, -0.05) is 52.2 Å². The fourth-order valence-corrected chi connectivity index (χ4v) is 2.11. The van der Waals surface area contributed by atoms with Crippen molar-refractivity contribution in [1.29, 1.82) is 0 Å². The lowest BCUT2D eigenvalue weighted by atomic mass is 10.2. The zero-order valence-electron chi connectivity index (χ0n) is 10.7. The van der Waals surface area contributed by atoms with Gasteiger partial charge in [0.1, 0.15) is 0 Å². The molecule has 0 aliphatic rings. The van der Waals surface area contributed by atoms with Gasteiger partial charge in [0.05, 0.1) is 6.21 Å². The Morgan fingerprint density at radius 3 is 2.53 bits per heavy atom. The van der Waals surface area contributed by atoms with Crippen LogP contribution in [-0.2, 0) is 0 Å². The third kappa shape index (κ3) is 1.97. The molecule has 94 valence electrons. The van der Waals surface area contributed by atoms with E-state index < -0.39 is 0 Å². The summed E-state index contributed by atoms with van der Waals surface area (Å²) < 4.78 is 3.50. The minimum absolute atomic E-state index is 0.883. The number of fused-ring (bicyclic) bond motifs is 1. The van der Waals surface area contributed by atoms with E-state index in [1.807, 2.05) is 72.4 Å². The van der Waals surface area contributed by atoms with E-state index in [0.717, 1.165) is 22.4 Å². The molecule has 0 bridgehead atoms. The maximum atomic E-state index is 6.03. The zero-order valence-corrected chi connectivity index (χ0v) is 10.7. The van der Waals surface area contributed by atoms with Gasteiger partial charge in [-0.3, -0.25) is 5.84 Å². The highest BCUT2D eigenvalue weighted by atomic mass is 15.5. The van der Waals surface area contributed by atoms with Gasteiger partial charge in [-0.25, -0.2) is 0 Å². The van der Waals surface area contributed by atoms with Gasteiger partial charge in [0.25, 0.3) is 0 Å². The molecule has 4 nitrogen and oxygen atoms in total. The van der Waals surface area contributed by atoms with E-state index in [0.29, 0.717) is 0 Å². The van der Waals surface area contributed by atoms with E-state index in [1.165, 1.54) is 0 Å². The van der Waals surface area contributed by atoms with Crippen LogP contribution in [0.5, 0.6) is 0 Å². The van der Waals surface area contributed by atoms with Gasteiger partial charge in [0, 0.05) is 6.92 Å². The summed E-state index contributed by atoms with van der Waals surface area (Å²) in [7, 11) is 0. The van der Waals surface area contributed by atoms with Crippen LogP contribution in [0.15, 0.2) is 59.7 Å². The number of nitrogen functional groups attached to an aromatic ring is 1. The molecule has 2 N–H and O–H groups in total. The Balaban J connectivity index is 2.11. The molecule has 1 heterocycles. The number of para-hydroxylation sites is 2. The van der Waals surface area contributed by atoms with Crippen molar-refractivity contribution in [2.75, 3.05) is 5.84 Å². The maximum absolute atomic E-state index is 6.03. The largest absolute Gasteiger partial charge is 0.303 e. The van der Waals surface area contributed by atoms with Gasteiger partial charge < -0.3 is 0 Å². The summed E-state index contributed by atoms with van der Waals surface area (Å²) in [5.41, 5.74) is 3.02. The lowest BCUT2D eigenvalue weighted by Crippen LogP contribution is -2.46. The van der Waals surface area contributed by atoms with Gasteiger partial charge in [0.15, 0.2) is 0 Å². The molecule has 0 atom stereocenters. The first-order valence-corrected chi connectivity index (χ1v) is 6.14. The summed E-state index contributed by atoms with van der Waals surface area (Å²) in [5.74, 6) is 6.91. The van der Waals surface area contributed by atoms with Crippen LogP contribution in [0.2, 0.25) is 0 Å². The smallest absolute Gasteiger partial charge is 0.268 e. The lowest BCUT2D eigenvalue weighted by Gasteiger charge is -1.91. The van der Waals surface area contributed by atoms with Crippen LogP contribution in [-0.4, -0.2) is 10.9 Å². The third-order valence-electron chi connectivity index (χ3n) is 3.15. The van der Waals surface area contributed by atoms with Crippen molar-refractivity contribution in [3.8, 4) is 0 Å². The monoisotopic (exact) mass is 251 g/mol. The van der Waals surface area contributed by atoms with Gasteiger partial charge in [0.2, 0.25) is 11.0 Å². The molecular formula is C15H15N4+. The van der Waals surface area contributed by atoms with E-state index in [2.05, 4.69) is 5.10 Å². The Morgan fingerprint density at radius 1 is 1.05 bits per heavy atom. The normalized spacial score (nSPS) is 11.4. The van der Waals surface area contributed by atoms with Gasteiger partial charge >= 0.3 is 5.82 Å². The van der Waals surface area contributed by atoms with Crippen LogP contribution in [0.3, 0.4) is 0 Å². The number of rotatable bonds is 2. The molecule has 3 rings (SSSR count). The standard InChI is InChI=1S/C15H15N4/c1-12-18(16)14-9-5-6-10-15(14)19(12)17-11-13-7-3-2-4-8-13/h2-11H,16H2,1H3/q+1. The minimum atomic E-state index is 0.883. The Morgan fingerprint density at radius 2 is 1.74 bits per heavy atom. The maximum Gasteiger partial charge on any atom is 0.303 e. The summed E-state index contributed by atoms with van der Waals surface area (Å²) in [6.07, 6.45) is 1.83. The number of nitrogens with zero attached hydrogens (tertiary/aromatic N) is 3. The number of benzene rings is 2. The molecule has 0 saturated carbocycles. The second kappa shape index (κ2) is 4.57. The topological polar surface area (TPSA) is 47.2 Å². The van der Waals surface area contributed by atoms with Crippen molar-refractivity contribution in [1.82, 2.24) is 4.68 Å². The molecule has 1 aromatic heterocycles. The van der Waals surface area contributed by atoms with Crippen molar-refractivity contribution in [3.63, 3.8) is 0 Å². The van der Waals surface area contributed by atoms with Gasteiger partial charge in [-0.15, -0.1) is 4.68 Å². The van der Waals surface area contributed by atoms with Crippen molar-refractivity contribution in [3.05, 3.63) is 66.0 Å². The van der Waals surface area contributed by atoms with Crippen molar-refractivity contribution in [2.45, 2.75) is 6.92 Å². The molecule has 4 heteroatoms. The summed E-state index contributed by atoms with van der Waals surface area (Å²) in [6.45, 7) is 1.95. The summed E-state index contributed by atoms with van der Waals surface area (Å²) in [6, 6.07) is 17.9. The van der Waals surface area contributed by atoms with E-state index in [-0.39, 0.29) is 0 Å². The van der Waals surface area contributed by atoms with Crippen LogP contribution in [0, 0.1) is 6.92 Å². The van der Waals surface area contributed by atoms with E-state index in [9.17, 15) is 0 Å². The molecule has 0 aliphatic heterocycles. The Kier molecular flexibility index (Phi) is 2.76. The molecule has 0 fully saturated rings. The first kappa shape index (κ1) is 11.5. The fraction of sp³-hybridized carbons (Fsp3) is 0.0667. The summed E-state index contributed by atoms with van der Waals surface area (Å²) in [4.78, 5) is 0. The molecule has 0 amide bonds. The number of hydrogen-bond donors (Lipinski definition) is 1. The van der Waals surface area contributed by atoms with Crippen LogP contribution < -0.4 is 10.5 Å². The number of aromatic nitrogens is 2. The van der Waals surface area contributed by atoms with Crippen LogP contribution in [0.1, 0.15) is 11.4 Å². The van der Waals surface area contributed by atoms with Crippen LogP contribution in [0.4, 0.5) is 0 Å². The van der Waals surface area contributed by atoms with Gasteiger partial charge in [-0.05, 0) is 17.7 Å². The molecule has 3 aromatic rings. The molecule has 19 heavy (non-hydrogen) atoms. The number of hydrogen-bond acceptors (Lipinski definition) is 2. The quantitative estimate of drug-likeness (QED) is 0.421. The summed E-state index contributed by atoms with van der Waals surface area (Å²) in [5, 5.41) is 4.52. The van der Waals surface area contributed by atoms with Crippen LogP contribution in [0.25, 0.3) is 11.0 Å². The molecule has 0 spiro atoms. The number of imidazole rings is 1. The Bertz CT molecular complexity index is 741. The number of nitrogens with two attached hydrogens (primary N) is 1. The zero-order chi connectivity index (χ0) is 13.2. The highest BCUT2D eigenvalue weighted by molar-refractivity contribution is 5.80. The molecule has 0 unspecified atom stereocenters. The Labute approximate surface area is 111 Å². The Hall–Kier alpha value is -2.62. The first-order valence-electron chi connectivity index (χ1n) is 6.14. The predicted octanol–water partition coefficient (Wildman–Crippen LogP) is 1.83. The van der Waals surface area contributed by atoms with E-state index in [4.69, 9.17) is 5.84 Å². The van der Waals surface area contributed by atoms with Crippen molar-refractivity contribution >= 4 is 17.2 Å². The first-order chi connectivity index (χ1) is 9.27. The average Bonchev–Trinajstić information content (AvgIpc) is 2.71. The molecule has 0 radical (unpaired) electrons. The average molecular weight is 251 g/mol. The van der Waals surface area contributed by atoms with Gasteiger partial charge in [-0.2, -0.15) is 0 Å². The second-order valence-electron chi connectivity index (χ2n) is 4.37. The van der Waals surface area contributed by atoms with Crippen molar-refractivity contribution in [2.24, 2.45) is 5.10 Å². The molecular weight excluding hydrogens is 236 g/mol. The highest BCUT2D eigenvalue weighted by Crippen LogP contribution is 2.12. The third-order valence-corrected chi connectivity index (χ3v) is 3.15. The van der Waals surface area contributed by atoms with Crippen molar-refractivity contribution < 1.29 is 4.68 Å². The van der Waals surface area contributed by atoms with E-state index in [1.54, 1.807) is 4.68 Å². The second-order valence-corrected chi connectivity index (χ2v) is 4.37. The SMILES string of the molecule is Cc1n(N=Cc2ccccc2)c2ccccc2[n+]1N. The fourth-order valence-electron chi connectivity index (χ4n) is 2.11. The molecule has 0 aliphatic carbocycles. The van der Waals surface area contributed by atoms with Crippen LogP contribution >= 0.6 is 0 Å². The van der Waals surface area contributed by atoms with E-state index >= 15 is 0 Å². The predicted molar refractivity (Wildman–Crippen MR) is 76.5 cm³/mol. The highest BCUT2D eigenvalue weighted by Gasteiger charge is 2.18.